The molecule has 182 valence electrons. The number of hydrogen-bond donors (Lipinski definition) is 0. The van der Waals surface area contributed by atoms with Crippen molar-refractivity contribution in [3.8, 4) is 0 Å². The van der Waals surface area contributed by atoms with Crippen LogP contribution in [-0.2, 0) is 6.54 Å². The molecule has 5 aromatic rings. The van der Waals surface area contributed by atoms with Gasteiger partial charge in [-0.25, -0.2) is 4.98 Å². The Balaban J connectivity index is 1.13. The quantitative estimate of drug-likeness (QED) is 0.348. The fourth-order valence-electron chi connectivity index (χ4n) is 5.58. The summed E-state index contributed by atoms with van der Waals surface area (Å²) < 4.78 is 3.79. The molecule has 0 saturated carbocycles. The summed E-state index contributed by atoms with van der Waals surface area (Å²) in [7, 11) is 0. The molecule has 4 heterocycles. The second kappa shape index (κ2) is 10.1. The molecule has 0 radical (unpaired) electrons. The van der Waals surface area contributed by atoms with Crippen LogP contribution in [0.3, 0.4) is 0 Å². The third-order valence-corrected chi connectivity index (χ3v) is 7.36. The molecular formula is C30H31N5O. The molecule has 36 heavy (non-hydrogen) atoms. The van der Waals surface area contributed by atoms with Crippen LogP contribution >= 0.6 is 0 Å². The molecule has 1 aliphatic heterocycles. The van der Waals surface area contributed by atoms with Crippen LogP contribution in [0.25, 0.3) is 16.7 Å². The molecule has 6 heteroatoms. The molecule has 1 saturated heterocycles. The Morgan fingerprint density at radius 3 is 2.08 bits per heavy atom. The standard InChI is InChI=1S/C30H31N5O/c36-30-27-15-8-18-34(27)29-26(14-7-16-31-29)35(30)19-9-17-32-20-22-33(23-21-32)28(24-10-3-1-4-11-24)25-12-5-2-6-13-25/h1-8,10-16,18,28H,9,17,19-23H2. The van der Waals surface area contributed by atoms with Crippen molar-refractivity contribution in [1.82, 2.24) is 23.8 Å². The molecule has 3 aromatic heterocycles. The van der Waals surface area contributed by atoms with E-state index in [0.29, 0.717) is 12.1 Å². The number of pyridine rings is 1. The molecule has 0 spiro atoms. The average Bonchev–Trinajstić information content (AvgIpc) is 3.44. The Morgan fingerprint density at radius 2 is 1.39 bits per heavy atom. The van der Waals surface area contributed by atoms with Crippen LogP contribution in [0.1, 0.15) is 23.6 Å². The van der Waals surface area contributed by atoms with Crippen molar-refractivity contribution >= 4 is 16.7 Å². The average molecular weight is 478 g/mol. The second-order valence-electron chi connectivity index (χ2n) is 9.52. The van der Waals surface area contributed by atoms with E-state index in [1.165, 1.54) is 11.1 Å². The predicted molar refractivity (Wildman–Crippen MR) is 144 cm³/mol. The zero-order valence-electron chi connectivity index (χ0n) is 20.4. The van der Waals surface area contributed by atoms with E-state index in [1.54, 1.807) is 6.20 Å². The molecule has 0 bridgehead atoms. The van der Waals surface area contributed by atoms with Crippen molar-refractivity contribution in [3.63, 3.8) is 0 Å². The number of aromatic nitrogens is 3. The highest BCUT2D eigenvalue weighted by Crippen LogP contribution is 2.29. The smallest absolute Gasteiger partial charge is 0.275 e. The van der Waals surface area contributed by atoms with Crippen LogP contribution in [0.15, 0.2) is 102 Å². The van der Waals surface area contributed by atoms with E-state index in [9.17, 15) is 4.79 Å². The van der Waals surface area contributed by atoms with Crippen LogP contribution < -0.4 is 5.56 Å². The third-order valence-electron chi connectivity index (χ3n) is 7.36. The molecular weight excluding hydrogens is 446 g/mol. The summed E-state index contributed by atoms with van der Waals surface area (Å²) in [5.41, 5.74) is 5.15. The normalized spacial score (nSPS) is 15.2. The molecule has 6 rings (SSSR count). The number of rotatable bonds is 7. The van der Waals surface area contributed by atoms with Gasteiger partial charge in [0.1, 0.15) is 5.52 Å². The number of nitrogens with zero attached hydrogens (tertiary/aromatic N) is 5. The van der Waals surface area contributed by atoms with Crippen molar-refractivity contribution in [2.45, 2.75) is 19.0 Å². The van der Waals surface area contributed by atoms with Gasteiger partial charge in [-0.15, -0.1) is 0 Å². The lowest BCUT2D eigenvalue weighted by Crippen LogP contribution is -2.48. The van der Waals surface area contributed by atoms with Gasteiger partial charge in [0.05, 0.1) is 11.6 Å². The first-order valence-corrected chi connectivity index (χ1v) is 12.8. The van der Waals surface area contributed by atoms with Gasteiger partial charge >= 0.3 is 0 Å². The zero-order valence-corrected chi connectivity index (χ0v) is 20.4. The highest BCUT2D eigenvalue weighted by atomic mass is 16.1. The maximum Gasteiger partial charge on any atom is 0.275 e. The summed E-state index contributed by atoms with van der Waals surface area (Å²) in [6, 6.07) is 29.6. The van der Waals surface area contributed by atoms with Crippen LogP contribution in [0.5, 0.6) is 0 Å². The fraction of sp³-hybridized carbons (Fsp3) is 0.267. The maximum absolute atomic E-state index is 13.2. The molecule has 2 aromatic carbocycles. The van der Waals surface area contributed by atoms with Crippen LogP contribution in [0.4, 0.5) is 0 Å². The zero-order chi connectivity index (χ0) is 24.3. The highest BCUT2D eigenvalue weighted by Gasteiger charge is 2.26. The van der Waals surface area contributed by atoms with Gasteiger partial charge in [-0.05, 0) is 48.4 Å². The second-order valence-corrected chi connectivity index (χ2v) is 9.52. The number of benzene rings is 2. The number of aryl methyl sites for hydroxylation is 1. The molecule has 0 amide bonds. The maximum atomic E-state index is 13.2. The molecule has 0 unspecified atom stereocenters. The first-order chi connectivity index (χ1) is 17.8. The van der Waals surface area contributed by atoms with Crippen LogP contribution in [0.2, 0.25) is 0 Å². The van der Waals surface area contributed by atoms with Crippen molar-refractivity contribution in [2.24, 2.45) is 0 Å². The largest absolute Gasteiger partial charge is 0.304 e. The van der Waals surface area contributed by atoms with E-state index in [0.717, 1.165) is 50.3 Å². The molecule has 0 aliphatic carbocycles. The Bertz CT molecular complexity index is 1460. The summed E-state index contributed by atoms with van der Waals surface area (Å²) in [6.07, 6.45) is 4.63. The monoisotopic (exact) mass is 477 g/mol. The van der Waals surface area contributed by atoms with Gasteiger partial charge in [-0.2, -0.15) is 0 Å². The Kier molecular flexibility index (Phi) is 6.36. The molecule has 0 atom stereocenters. The summed E-state index contributed by atoms with van der Waals surface area (Å²) in [5.74, 6) is 0. The Morgan fingerprint density at radius 1 is 0.722 bits per heavy atom. The van der Waals surface area contributed by atoms with E-state index in [1.807, 2.05) is 39.4 Å². The first kappa shape index (κ1) is 22.7. The highest BCUT2D eigenvalue weighted by molar-refractivity contribution is 5.74. The van der Waals surface area contributed by atoms with E-state index in [4.69, 9.17) is 0 Å². The lowest BCUT2D eigenvalue weighted by Gasteiger charge is -2.40. The van der Waals surface area contributed by atoms with E-state index < -0.39 is 0 Å². The van der Waals surface area contributed by atoms with Gasteiger partial charge < -0.3 is 9.47 Å². The lowest BCUT2D eigenvalue weighted by atomic mass is 9.96. The van der Waals surface area contributed by atoms with Gasteiger partial charge in [-0.3, -0.25) is 14.1 Å². The lowest BCUT2D eigenvalue weighted by molar-refractivity contribution is 0.108. The minimum absolute atomic E-state index is 0.0545. The van der Waals surface area contributed by atoms with E-state index >= 15 is 0 Å². The minimum atomic E-state index is 0.0545. The van der Waals surface area contributed by atoms with Crippen molar-refractivity contribution in [1.29, 1.82) is 0 Å². The van der Waals surface area contributed by atoms with Crippen molar-refractivity contribution in [2.75, 3.05) is 32.7 Å². The topological polar surface area (TPSA) is 45.8 Å². The number of hydrogen-bond acceptors (Lipinski definition) is 4. The van der Waals surface area contributed by atoms with Gasteiger partial charge in [0.25, 0.3) is 5.56 Å². The minimum Gasteiger partial charge on any atom is -0.304 e. The van der Waals surface area contributed by atoms with E-state index in [-0.39, 0.29) is 11.6 Å². The van der Waals surface area contributed by atoms with Gasteiger partial charge in [0.2, 0.25) is 0 Å². The first-order valence-electron chi connectivity index (χ1n) is 12.8. The van der Waals surface area contributed by atoms with Crippen LogP contribution in [-0.4, -0.2) is 56.5 Å². The van der Waals surface area contributed by atoms with Gasteiger partial charge in [0.15, 0.2) is 5.65 Å². The molecule has 1 aliphatic rings. The molecule has 6 nitrogen and oxygen atoms in total. The molecule has 0 N–H and O–H groups in total. The van der Waals surface area contributed by atoms with E-state index in [2.05, 4.69) is 75.4 Å². The van der Waals surface area contributed by atoms with Gasteiger partial charge in [-0.1, -0.05) is 60.7 Å². The Labute approximate surface area is 211 Å². The number of fused-ring (bicyclic) bond motifs is 3. The van der Waals surface area contributed by atoms with Crippen molar-refractivity contribution < 1.29 is 0 Å². The van der Waals surface area contributed by atoms with Crippen LogP contribution in [0, 0.1) is 0 Å². The van der Waals surface area contributed by atoms with Crippen molar-refractivity contribution in [3.05, 3.63) is 119 Å². The predicted octanol–water partition coefficient (Wildman–Crippen LogP) is 4.45. The molecule has 1 fully saturated rings. The fourth-order valence-corrected chi connectivity index (χ4v) is 5.58. The summed E-state index contributed by atoms with van der Waals surface area (Å²) >= 11 is 0. The third kappa shape index (κ3) is 4.34. The Hall–Kier alpha value is -3.74. The summed E-state index contributed by atoms with van der Waals surface area (Å²) in [4.78, 5) is 22.8. The number of piperazine rings is 1. The summed E-state index contributed by atoms with van der Waals surface area (Å²) in [6.45, 7) is 5.79. The summed E-state index contributed by atoms with van der Waals surface area (Å²) in [5, 5.41) is 0. The SMILES string of the molecule is O=c1c2cccn2c2ncccc2n1CCCN1CCN(C(c2ccccc2)c2ccccc2)CC1. The van der Waals surface area contributed by atoms with Gasteiger partial charge in [0, 0.05) is 45.1 Å².